The van der Waals surface area contributed by atoms with E-state index in [4.69, 9.17) is 4.42 Å². The van der Waals surface area contributed by atoms with Crippen LogP contribution in [0.4, 0.5) is 17.1 Å². The smallest absolute Gasteiger partial charge is 0.247 e. The number of oxazole rings is 1. The maximum atomic E-state index is 5.92. The van der Waals surface area contributed by atoms with E-state index < -0.39 is 0 Å². The average Bonchev–Trinajstić information content (AvgIpc) is 3.74. The van der Waals surface area contributed by atoms with Gasteiger partial charge in [0.25, 0.3) is 0 Å². The Kier molecular flexibility index (Phi) is 8.11. The Morgan fingerprint density at radius 3 is 1.55 bits per heavy atom. The molecule has 0 spiro atoms. The lowest BCUT2D eigenvalue weighted by molar-refractivity contribution is 0.608. The lowest BCUT2D eigenvalue weighted by Crippen LogP contribution is -2.09. The molecule has 0 aliphatic carbocycles. The number of aromatic nitrogens is 2. The van der Waals surface area contributed by atoms with Crippen LogP contribution in [0.25, 0.3) is 88.4 Å². The van der Waals surface area contributed by atoms with Gasteiger partial charge in [0.05, 0.1) is 0 Å². The van der Waals surface area contributed by atoms with Gasteiger partial charge in [0.1, 0.15) is 5.52 Å². The van der Waals surface area contributed by atoms with E-state index in [1.54, 1.807) is 6.20 Å². The molecule has 0 saturated heterocycles. The van der Waals surface area contributed by atoms with Crippen LogP contribution < -0.4 is 4.90 Å². The van der Waals surface area contributed by atoms with E-state index in [0.29, 0.717) is 11.6 Å². The lowest BCUT2D eigenvalue weighted by atomic mass is 9.93. The zero-order valence-corrected chi connectivity index (χ0v) is 31.5. The van der Waals surface area contributed by atoms with Gasteiger partial charge in [-0.1, -0.05) is 133 Å². The van der Waals surface area contributed by atoms with Crippen LogP contribution in [-0.2, 0) is 0 Å². The Labute approximate surface area is 335 Å². The third-order valence-electron chi connectivity index (χ3n) is 11.2. The van der Waals surface area contributed by atoms with E-state index >= 15 is 0 Å². The quantitative estimate of drug-likeness (QED) is 0.153. The predicted octanol–water partition coefficient (Wildman–Crippen LogP) is 14.8. The van der Waals surface area contributed by atoms with Crippen LogP contribution in [0, 0.1) is 0 Å². The van der Waals surface area contributed by atoms with Gasteiger partial charge in [-0.25, -0.2) is 9.97 Å². The summed E-state index contributed by atoms with van der Waals surface area (Å²) in [7, 11) is 0. The van der Waals surface area contributed by atoms with Crippen molar-refractivity contribution in [2.75, 3.05) is 4.90 Å². The molecule has 0 saturated carbocycles. The SMILES string of the molecule is c1ccc2cc(-c3ccc(N(c4ccc(-c5ccc(-c6nc7cccnc7o6)cc5)cc4)c4ccc(-c5cc6ccccc6c6ccccc56)cc4)cc3)ccc2c1. The maximum absolute atomic E-state index is 5.92. The molecule has 0 fully saturated rings. The van der Waals surface area contributed by atoms with Crippen molar-refractivity contribution in [2.45, 2.75) is 0 Å². The van der Waals surface area contributed by atoms with Crippen molar-refractivity contribution < 1.29 is 4.42 Å². The molecule has 2 heterocycles. The molecule has 9 aromatic carbocycles. The monoisotopic (exact) mass is 741 g/mol. The van der Waals surface area contributed by atoms with Gasteiger partial charge < -0.3 is 9.32 Å². The second kappa shape index (κ2) is 14.0. The molecular weight excluding hydrogens is 707 g/mol. The maximum Gasteiger partial charge on any atom is 0.247 e. The Hall–Kier alpha value is -7.82. The molecule has 0 radical (unpaired) electrons. The van der Waals surface area contributed by atoms with E-state index in [1.165, 1.54) is 54.6 Å². The Morgan fingerprint density at radius 1 is 0.362 bits per heavy atom. The standard InChI is InChI=1S/C54H35N3O/c1-2-9-42-34-43(20-17-36(42)8-1)39-23-29-46(30-24-39)57(47-31-25-40(26-32-47)51-35-44-10-3-4-11-48(44)49-12-5-6-13-50(49)51)45-27-21-38(22-28-45)37-15-18-41(19-16-37)53-56-52-14-7-33-55-54(52)58-53/h1-35H. The fourth-order valence-electron chi connectivity index (χ4n) is 8.20. The highest BCUT2D eigenvalue weighted by Gasteiger charge is 2.16. The molecule has 272 valence electrons. The predicted molar refractivity (Wildman–Crippen MR) is 241 cm³/mol. The summed E-state index contributed by atoms with van der Waals surface area (Å²) in [5, 5.41) is 7.52. The molecule has 0 amide bonds. The first-order chi connectivity index (χ1) is 28.7. The van der Waals surface area contributed by atoms with Gasteiger partial charge in [0, 0.05) is 28.8 Å². The van der Waals surface area contributed by atoms with Crippen LogP contribution in [0.2, 0.25) is 0 Å². The Balaban J connectivity index is 0.953. The summed E-state index contributed by atoms with van der Waals surface area (Å²) < 4.78 is 5.92. The van der Waals surface area contributed by atoms with Gasteiger partial charge in [-0.3, -0.25) is 0 Å². The molecule has 0 aliphatic heterocycles. The van der Waals surface area contributed by atoms with Crippen LogP contribution in [0.3, 0.4) is 0 Å². The minimum atomic E-state index is 0.543. The van der Waals surface area contributed by atoms with Crippen LogP contribution in [0.5, 0.6) is 0 Å². The Bertz CT molecular complexity index is 3220. The topological polar surface area (TPSA) is 42.2 Å². The molecule has 2 aromatic heterocycles. The van der Waals surface area contributed by atoms with Gasteiger partial charge in [-0.15, -0.1) is 0 Å². The molecule has 0 atom stereocenters. The van der Waals surface area contributed by atoms with Crippen molar-refractivity contribution >= 4 is 60.6 Å². The fraction of sp³-hybridized carbons (Fsp3) is 0. The number of fused-ring (bicyclic) bond motifs is 5. The van der Waals surface area contributed by atoms with Crippen LogP contribution >= 0.6 is 0 Å². The van der Waals surface area contributed by atoms with Crippen molar-refractivity contribution in [3.8, 4) is 44.8 Å². The number of hydrogen-bond acceptors (Lipinski definition) is 4. The summed E-state index contributed by atoms with van der Waals surface area (Å²) in [6, 6.07) is 73.7. The van der Waals surface area contributed by atoms with Crippen molar-refractivity contribution in [3.63, 3.8) is 0 Å². The second-order valence-electron chi connectivity index (χ2n) is 14.7. The summed E-state index contributed by atoms with van der Waals surface area (Å²) in [6.07, 6.45) is 1.72. The van der Waals surface area contributed by atoms with Gasteiger partial charge in [0.15, 0.2) is 0 Å². The lowest BCUT2D eigenvalue weighted by Gasteiger charge is -2.26. The third kappa shape index (κ3) is 6.05. The first-order valence-electron chi connectivity index (χ1n) is 19.5. The van der Waals surface area contributed by atoms with Crippen molar-refractivity contribution in [1.82, 2.24) is 9.97 Å². The van der Waals surface area contributed by atoms with Crippen LogP contribution in [0.15, 0.2) is 217 Å². The van der Waals surface area contributed by atoms with Crippen LogP contribution in [-0.4, -0.2) is 9.97 Å². The zero-order valence-electron chi connectivity index (χ0n) is 31.5. The summed E-state index contributed by atoms with van der Waals surface area (Å²) in [5.41, 5.74) is 12.5. The first kappa shape index (κ1) is 33.5. The number of nitrogens with zero attached hydrogens (tertiary/aromatic N) is 3. The van der Waals surface area contributed by atoms with Gasteiger partial charge in [-0.05, 0) is 138 Å². The van der Waals surface area contributed by atoms with E-state index in [1.807, 2.05) is 12.1 Å². The number of anilines is 3. The third-order valence-corrected chi connectivity index (χ3v) is 11.2. The molecule has 4 heteroatoms. The summed E-state index contributed by atoms with van der Waals surface area (Å²) in [5.74, 6) is 0.567. The number of benzene rings is 9. The zero-order chi connectivity index (χ0) is 38.4. The summed E-state index contributed by atoms with van der Waals surface area (Å²) in [4.78, 5) is 11.2. The molecule has 0 N–H and O–H groups in total. The molecule has 0 bridgehead atoms. The number of hydrogen-bond donors (Lipinski definition) is 0. The fourth-order valence-corrected chi connectivity index (χ4v) is 8.20. The van der Waals surface area contributed by atoms with Crippen molar-refractivity contribution in [2.24, 2.45) is 0 Å². The van der Waals surface area contributed by atoms with E-state index in [9.17, 15) is 0 Å². The molecule has 58 heavy (non-hydrogen) atoms. The van der Waals surface area contributed by atoms with E-state index in [-0.39, 0.29) is 0 Å². The highest BCUT2D eigenvalue weighted by atomic mass is 16.4. The summed E-state index contributed by atoms with van der Waals surface area (Å²) >= 11 is 0. The molecule has 0 aliphatic rings. The average molecular weight is 742 g/mol. The van der Waals surface area contributed by atoms with E-state index in [0.717, 1.165) is 39.3 Å². The summed E-state index contributed by atoms with van der Waals surface area (Å²) in [6.45, 7) is 0. The molecule has 11 aromatic rings. The largest absolute Gasteiger partial charge is 0.418 e. The van der Waals surface area contributed by atoms with Crippen molar-refractivity contribution in [3.05, 3.63) is 212 Å². The molecular formula is C54H35N3O. The first-order valence-corrected chi connectivity index (χ1v) is 19.5. The minimum Gasteiger partial charge on any atom is -0.418 e. The minimum absolute atomic E-state index is 0.543. The number of pyridine rings is 1. The van der Waals surface area contributed by atoms with Crippen LogP contribution in [0.1, 0.15) is 0 Å². The normalized spacial score (nSPS) is 11.4. The van der Waals surface area contributed by atoms with E-state index in [2.05, 4.69) is 209 Å². The highest BCUT2D eigenvalue weighted by molar-refractivity contribution is 6.13. The number of rotatable bonds is 7. The highest BCUT2D eigenvalue weighted by Crippen LogP contribution is 2.40. The Morgan fingerprint density at radius 2 is 0.879 bits per heavy atom. The van der Waals surface area contributed by atoms with Gasteiger partial charge in [0.2, 0.25) is 11.6 Å². The van der Waals surface area contributed by atoms with Gasteiger partial charge in [-0.2, -0.15) is 0 Å². The second-order valence-corrected chi connectivity index (χ2v) is 14.7. The molecule has 11 rings (SSSR count). The van der Waals surface area contributed by atoms with Gasteiger partial charge >= 0.3 is 0 Å². The van der Waals surface area contributed by atoms with Crippen molar-refractivity contribution in [1.29, 1.82) is 0 Å². The molecule has 0 unspecified atom stereocenters. The molecule has 4 nitrogen and oxygen atoms in total.